The van der Waals surface area contributed by atoms with Crippen LogP contribution in [0.15, 0.2) is 47.3 Å². The van der Waals surface area contributed by atoms with Gasteiger partial charge in [-0.25, -0.2) is 0 Å². The molecule has 0 saturated carbocycles. The van der Waals surface area contributed by atoms with E-state index in [9.17, 15) is 9.59 Å². The van der Waals surface area contributed by atoms with Gasteiger partial charge in [0.25, 0.3) is 5.56 Å². The molecule has 1 aliphatic heterocycles. The maximum Gasteiger partial charge on any atom is 0.251 e. The van der Waals surface area contributed by atoms with Crippen molar-refractivity contribution in [1.29, 1.82) is 0 Å². The van der Waals surface area contributed by atoms with Crippen molar-refractivity contribution in [3.8, 4) is 11.5 Å². The normalized spacial score (nSPS) is 12.8. The number of ether oxygens (including phenoxy) is 2. The quantitative estimate of drug-likeness (QED) is 0.761. The summed E-state index contributed by atoms with van der Waals surface area (Å²) in [6.07, 6.45) is 0.221. The molecular formula is C20H18N2O4. The number of amides is 1. The van der Waals surface area contributed by atoms with Crippen LogP contribution >= 0.6 is 0 Å². The van der Waals surface area contributed by atoms with E-state index < -0.39 is 0 Å². The zero-order valence-corrected chi connectivity index (χ0v) is 14.3. The third-order valence-electron chi connectivity index (χ3n) is 4.29. The monoisotopic (exact) mass is 350 g/mol. The first-order valence-corrected chi connectivity index (χ1v) is 8.40. The minimum atomic E-state index is -0.143. The van der Waals surface area contributed by atoms with Crippen molar-refractivity contribution in [1.82, 2.24) is 4.98 Å². The van der Waals surface area contributed by atoms with E-state index in [2.05, 4.69) is 10.3 Å². The maximum absolute atomic E-state index is 12.4. The molecule has 132 valence electrons. The lowest BCUT2D eigenvalue weighted by atomic mass is 10.1. The number of nitrogens with one attached hydrogen (secondary N) is 2. The summed E-state index contributed by atoms with van der Waals surface area (Å²) in [6, 6.07) is 12.8. The van der Waals surface area contributed by atoms with Crippen LogP contribution in [-0.2, 0) is 11.2 Å². The topological polar surface area (TPSA) is 80.4 Å². The Labute approximate surface area is 149 Å². The summed E-state index contributed by atoms with van der Waals surface area (Å²) >= 11 is 0. The number of aromatic nitrogens is 1. The van der Waals surface area contributed by atoms with Crippen LogP contribution in [0, 0.1) is 6.92 Å². The molecule has 1 aromatic heterocycles. The molecule has 6 nitrogen and oxygen atoms in total. The molecule has 0 aliphatic carbocycles. The average Bonchev–Trinajstić information content (AvgIpc) is 2.63. The van der Waals surface area contributed by atoms with E-state index in [4.69, 9.17) is 9.47 Å². The fourth-order valence-corrected chi connectivity index (χ4v) is 2.98. The number of fused-ring (bicyclic) bond motifs is 2. The van der Waals surface area contributed by atoms with Gasteiger partial charge in [-0.3, -0.25) is 9.59 Å². The number of hydrogen-bond donors (Lipinski definition) is 2. The molecule has 4 rings (SSSR count). The summed E-state index contributed by atoms with van der Waals surface area (Å²) in [6.45, 7) is 2.81. The smallest absolute Gasteiger partial charge is 0.251 e. The number of anilines is 1. The zero-order chi connectivity index (χ0) is 18.1. The molecular weight excluding hydrogens is 332 g/mol. The number of hydrogen-bond acceptors (Lipinski definition) is 4. The molecule has 1 aliphatic rings. The number of H-pyrrole nitrogens is 1. The lowest BCUT2D eigenvalue weighted by Gasteiger charge is -2.18. The molecule has 0 atom stereocenters. The molecule has 0 spiro atoms. The Hall–Kier alpha value is -3.28. The molecule has 6 heteroatoms. The van der Waals surface area contributed by atoms with Crippen LogP contribution in [0.2, 0.25) is 0 Å². The van der Waals surface area contributed by atoms with Gasteiger partial charge in [-0.1, -0.05) is 12.1 Å². The van der Waals surface area contributed by atoms with Gasteiger partial charge in [-0.2, -0.15) is 0 Å². The number of aryl methyl sites for hydroxylation is 1. The highest BCUT2D eigenvalue weighted by Gasteiger charge is 2.13. The number of benzene rings is 2. The van der Waals surface area contributed by atoms with Gasteiger partial charge in [0.05, 0.1) is 11.9 Å². The Morgan fingerprint density at radius 2 is 1.88 bits per heavy atom. The van der Waals surface area contributed by atoms with Gasteiger partial charge in [0.1, 0.15) is 13.2 Å². The highest BCUT2D eigenvalue weighted by atomic mass is 16.6. The van der Waals surface area contributed by atoms with Crippen LogP contribution in [0.4, 0.5) is 5.69 Å². The third-order valence-corrected chi connectivity index (χ3v) is 4.29. The largest absolute Gasteiger partial charge is 0.486 e. The first kappa shape index (κ1) is 16.2. The van der Waals surface area contributed by atoms with Crippen molar-refractivity contribution >= 4 is 22.5 Å². The Morgan fingerprint density at radius 1 is 1.08 bits per heavy atom. The predicted octanol–water partition coefficient (Wildman–Crippen LogP) is 2.79. The van der Waals surface area contributed by atoms with Crippen LogP contribution in [0.1, 0.15) is 11.1 Å². The molecule has 0 radical (unpaired) electrons. The average molecular weight is 350 g/mol. The molecule has 2 N–H and O–H groups in total. The molecule has 26 heavy (non-hydrogen) atoms. The Bertz CT molecular complexity index is 1060. The van der Waals surface area contributed by atoms with Gasteiger partial charge in [-0.15, -0.1) is 0 Å². The second-order valence-corrected chi connectivity index (χ2v) is 6.29. The summed E-state index contributed by atoms with van der Waals surface area (Å²) in [5.41, 5.74) is 2.71. The standard InChI is InChI=1S/C20H18N2O4/c1-12-8-14-3-4-15(11-16(14)22-20(12)24)21-19(23)10-13-2-5-17-18(9-13)26-7-6-25-17/h2-5,8-9,11H,6-7,10H2,1H3,(H,21,23)(H,22,24). The molecule has 1 amide bonds. The summed E-state index contributed by atoms with van der Waals surface area (Å²) in [7, 11) is 0. The fraction of sp³-hybridized carbons (Fsp3) is 0.200. The second kappa shape index (κ2) is 6.55. The molecule has 3 aromatic rings. The second-order valence-electron chi connectivity index (χ2n) is 6.29. The Balaban J connectivity index is 1.50. The summed E-state index contributed by atoms with van der Waals surface area (Å²) in [5, 5.41) is 3.79. The molecule has 2 aromatic carbocycles. The van der Waals surface area contributed by atoms with Crippen LogP contribution in [0.25, 0.3) is 10.9 Å². The highest BCUT2D eigenvalue weighted by molar-refractivity contribution is 5.94. The first-order valence-electron chi connectivity index (χ1n) is 8.40. The van der Waals surface area contributed by atoms with Gasteiger partial charge < -0.3 is 19.8 Å². The minimum Gasteiger partial charge on any atom is -0.486 e. The van der Waals surface area contributed by atoms with E-state index in [1.165, 1.54) is 0 Å². The number of carbonyl (C=O) groups excluding carboxylic acids is 1. The summed E-state index contributed by atoms with van der Waals surface area (Å²) in [4.78, 5) is 26.9. The van der Waals surface area contributed by atoms with E-state index >= 15 is 0 Å². The Morgan fingerprint density at radius 3 is 2.73 bits per heavy atom. The highest BCUT2D eigenvalue weighted by Crippen LogP contribution is 2.31. The lowest BCUT2D eigenvalue weighted by Crippen LogP contribution is -2.17. The molecule has 0 saturated heterocycles. The van der Waals surface area contributed by atoms with Crippen molar-refractivity contribution in [2.75, 3.05) is 18.5 Å². The van der Waals surface area contributed by atoms with Crippen LogP contribution in [0.5, 0.6) is 11.5 Å². The molecule has 0 bridgehead atoms. The van der Waals surface area contributed by atoms with Gasteiger partial charge in [-0.05, 0) is 48.2 Å². The van der Waals surface area contributed by atoms with Crippen molar-refractivity contribution in [3.05, 3.63) is 63.9 Å². The number of carbonyl (C=O) groups is 1. The van der Waals surface area contributed by atoms with E-state index in [0.717, 1.165) is 10.9 Å². The fourth-order valence-electron chi connectivity index (χ4n) is 2.98. The van der Waals surface area contributed by atoms with Crippen LogP contribution in [0.3, 0.4) is 0 Å². The molecule has 0 fully saturated rings. The van der Waals surface area contributed by atoms with E-state index in [0.29, 0.717) is 41.5 Å². The lowest BCUT2D eigenvalue weighted by molar-refractivity contribution is -0.115. The van der Waals surface area contributed by atoms with Gasteiger partial charge in [0.15, 0.2) is 11.5 Å². The number of aromatic amines is 1. The van der Waals surface area contributed by atoms with Gasteiger partial charge in [0.2, 0.25) is 5.91 Å². The van der Waals surface area contributed by atoms with Crippen molar-refractivity contribution in [3.63, 3.8) is 0 Å². The van der Waals surface area contributed by atoms with E-state index in [-0.39, 0.29) is 17.9 Å². The van der Waals surface area contributed by atoms with Crippen LogP contribution in [-0.4, -0.2) is 24.1 Å². The predicted molar refractivity (Wildman–Crippen MR) is 99.1 cm³/mol. The van der Waals surface area contributed by atoms with Gasteiger partial charge in [0, 0.05) is 11.3 Å². The SMILES string of the molecule is Cc1cc2ccc(NC(=O)Cc3ccc4c(c3)OCCO4)cc2[nH]c1=O. The van der Waals surface area contributed by atoms with E-state index in [1.807, 2.05) is 36.4 Å². The van der Waals surface area contributed by atoms with Crippen molar-refractivity contribution in [2.45, 2.75) is 13.3 Å². The van der Waals surface area contributed by atoms with Crippen LogP contribution < -0.4 is 20.3 Å². The number of pyridine rings is 1. The first-order chi connectivity index (χ1) is 12.6. The summed E-state index contributed by atoms with van der Waals surface area (Å²) in [5.74, 6) is 1.23. The summed E-state index contributed by atoms with van der Waals surface area (Å²) < 4.78 is 11.0. The van der Waals surface area contributed by atoms with Gasteiger partial charge >= 0.3 is 0 Å². The Kier molecular flexibility index (Phi) is 4.08. The maximum atomic E-state index is 12.4. The molecule has 2 heterocycles. The molecule has 0 unspecified atom stereocenters. The van der Waals surface area contributed by atoms with E-state index in [1.54, 1.807) is 13.0 Å². The zero-order valence-electron chi connectivity index (χ0n) is 14.3. The third kappa shape index (κ3) is 3.26. The van der Waals surface area contributed by atoms with Crippen molar-refractivity contribution < 1.29 is 14.3 Å². The van der Waals surface area contributed by atoms with Crippen molar-refractivity contribution in [2.24, 2.45) is 0 Å². The minimum absolute atomic E-state index is 0.128. The number of rotatable bonds is 3.